The molecule has 0 radical (unpaired) electrons. The maximum absolute atomic E-state index is 12.9. The van der Waals surface area contributed by atoms with Crippen molar-refractivity contribution in [2.75, 3.05) is 26.2 Å². The Hall–Kier alpha value is -2.28. The summed E-state index contributed by atoms with van der Waals surface area (Å²) < 4.78 is 16.4. The van der Waals surface area contributed by atoms with Crippen molar-refractivity contribution >= 4 is 12.2 Å². The molecule has 0 aromatic heterocycles. The fraction of sp³-hybridized carbons (Fsp3) is 0.692. The van der Waals surface area contributed by atoms with Crippen molar-refractivity contribution in [3.05, 3.63) is 35.9 Å². The van der Waals surface area contributed by atoms with Crippen LogP contribution in [0.2, 0.25) is 0 Å². The van der Waals surface area contributed by atoms with Gasteiger partial charge in [0.1, 0.15) is 11.2 Å². The minimum Gasteiger partial charge on any atom is -0.444 e. The summed E-state index contributed by atoms with van der Waals surface area (Å²) in [5.74, 6) is 0.232. The van der Waals surface area contributed by atoms with Gasteiger partial charge in [0.05, 0.1) is 6.61 Å². The minimum absolute atomic E-state index is 0.00422. The first-order valence-corrected chi connectivity index (χ1v) is 11.8. The molecule has 0 saturated carbocycles. The van der Waals surface area contributed by atoms with E-state index in [1.807, 2.05) is 73.6 Å². The number of ether oxygens (including phenoxy) is 3. The summed E-state index contributed by atoms with van der Waals surface area (Å²) in [6.45, 7) is 18.3. The first-order valence-electron chi connectivity index (χ1n) is 11.8. The second-order valence-corrected chi connectivity index (χ2v) is 11.2. The second kappa shape index (κ2) is 11.2. The Labute approximate surface area is 199 Å². The van der Waals surface area contributed by atoms with E-state index < -0.39 is 17.4 Å². The number of nitrogens with zero attached hydrogens (tertiary/aromatic N) is 2. The Morgan fingerprint density at radius 1 is 0.970 bits per heavy atom. The van der Waals surface area contributed by atoms with E-state index in [4.69, 9.17) is 14.2 Å². The van der Waals surface area contributed by atoms with Crippen LogP contribution >= 0.6 is 0 Å². The van der Waals surface area contributed by atoms with Gasteiger partial charge in [-0.1, -0.05) is 30.3 Å². The van der Waals surface area contributed by atoms with Gasteiger partial charge in [0.15, 0.2) is 0 Å². The number of rotatable bonds is 7. The van der Waals surface area contributed by atoms with Crippen molar-refractivity contribution in [2.45, 2.75) is 79.2 Å². The van der Waals surface area contributed by atoms with Crippen molar-refractivity contribution in [1.82, 2.24) is 9.80 Å². The number of hydrogen-bond acceptors (Lipinski definition) is 6. The van der Waals surface area contributed by atoms with Crippen LogP contribution in [0, 0.1) is 11.8 Å². The zero-order valence-electron chi connectivity index (χ0n) is 21.6. The molecule has 0 unspecified atom stereocenters. The molecular weight excluding hydrogens is 420 g/mol. The molecule has 33 heavy (non-hydrogen) atoms. The van der Waals surface area contributed by atoms with Crippen LogP contribution in [-0.2, 0) is 20.8 Å². The molecule has 2 atom stereocenters. The van der Waals surface area contributed by atoms with E-state index in [9.17, 15) is 9.59 Å². The number of amides is 1. The molecule has 0 bridgehead atoms. The third-order valence-corrected chi connectivity index (χ3v) is 5.39. The molecule has 1 heterocycles. The van der Waals surface area contributed by atoms with Crippen LogP contribution in [0.4, 0.5) is 9.59 Å². The molecule has 0 N–H and O–H groups in total. The summed E-state index contributed by atoms with van der Waals surface area (Å²) in [6.07, 6.45) is -0.971. The molecule has 0 aliphatic carbocycles. The SMILES string of the molecule is CC(C)N(C[C@@H]1CN(Cc2ccccc2)C[C@@H]1COC(=O)OC(C)(C)C)C(=O)OC(C)(C)C. The van der Waals surface area contributed by atoms with Gasteiger partial charge in [-0.15, -0.1) is 0 Å². The lowest BCUT2D eigenvalue weighted by atomic mass is 9.96. The largest absolute Gasteiger partial charge is 0.508 e. The van der Waals surface area contributed by atoms with Crippen molar-refractivity contribution in [2.24, 2.45) is 11.8 Å². The summed E-state index contributed by atoms with van der Waals surface area (Å²) in [5.41, 5.74) is 0.0765. The molecule has 1 aromatic carbocycles. The van der Waals surface area contributed by atoms with E-state index in [0.29, 0.717) is 6.54 Å². The lowest BCUT2D eigenvalue weighted by Crippen LogP contribution is -2.45. The monoisotopic (exact) mass is 462 g/mol. The van der Waals surface area contributed by atoms with E-state index >= 15 is 0 Å². The topological polar surface area (TPSA) is 68.3 Å². The standard InChI is InChI=1S/C26H42N2O5/c1-19(2)28(23(29)32-25(3,4)5)17-21-15-27(14-20-12-10-9-11-13-20)16-22(21)18-31-24(30)33-26(6,7)8/h9-13,19,21-22H,14-18H2,1-8H3/t21-,22+/m0/s1. The summed E-state index contributed by atoms with van der Waals surface area (Å²) in [5, 5.41) is 0. The van der Waals surface area contributed by atoms with Crippen molar-refractivity contribution in [3.63, 3.8) is 0 Å². The molecule has 7 heteroatoms. The number of carbonyl (C=O) groups is 2. The summed E-state index contributed by atoms with van der Waals surface area (Å²) in [7, 11) is 0. The van der Waals surface area contributed by atoms with E-state index in [1.165, 1.54) is 5.56 Å². The van der Waals surface area contributed by atoms with Crippen LogP contribution in [0.1, 0.15) is 61.0 Å². The molecule has 1 amide bonds. The van der Waals surface area contributed by atoms with Crippen molar-refractivity contribution in [1.29, 1.82) is 0 Å². The summed E-state index contributed by atoms with van der Waals surface area (Å²) in [6, 6.07) is 10.3. The Balaban J connectivity index is 2.11. The Kier molecular flexibility index (Phi) is 9.18. The van der Waals surface area contributed by atoms with Gasteiger partial charge in [0, 0.05) is 38.1 Å². The third-order valence-electron chi connectivity index (χ3n) is 5.39. The number of hydrogen-bond donors (Lipinski definition) is 0. The lowest BCUT2D eigenvalue weighted by Gasteiger charge is -2.33. The maximum atomic E-state index is 12.9. The molecule has 1 saturated heterocycles. The lowest BCUT2D eigenvalue weighted by molar-refractivity contribution is -0.0172. The number of benzene rings is 1. The average Bonchev–Trinajstić information content (AvgIpc) is 3.03. The van der Waals surface area contributed by atoms with Crippen molar-refractivity contribution < 1.29 is 23.8 Å². The summed E-state index contributed by atoms with van der Waals surface area (Å²) in [4.78, 5) is 29.2. The van der Waals surface area contributed by atoms with Crippen LogP contribution in [0.5, 0.6) is 0 Å². The van der Waals surface area contributed by atoms with Gasteiger partial charge >= 0.3 is 12.2 Å². The maximum Gasteiger partial charge on any atom is 0.508 e. The molecule has 1 aliphatic rings. The average molecular weight is 463 g/mol. The molecular formula is C26H42N2O5. The normalized spacial score (nSPS) is 19.4. The van der Waals surface area contributed by atoms with E-state index in [-0.39, 0.29) is 30.6 Å². The summed E-state index contributed by atoms with van der Waals surface area (Å²) >= 11 is 0. The van der Waals surface area contributed by atoms with Crippen LogP contribution in [0.15, 0.2) is 30.3 Å². The van der Waals surface area contributed by atoms with Crippen LogP contribution < -0.4 is 0 Å². The van der Waals surface area contributed by atoms with Gasteiger partial charge in [-0.3, -0.25) is 4.90 Å². The second-order valence-electron chi connectivity index (χ2n) is 11.2. The van der Waals surface area contributed by atoms with Gasteiger partial charge in [0.2, 0.25) is 0 Å². The van der Waals surface area contributed by atoms with Crippen LogP contribution in [0.25, 0.3) is 0 Å². The highest BCUT2D eigenvalue weighted by atomic mass is 16.7. The van der Waals surface area contributed by atoms with Gasteiger partial charge in [-0.25, -0.2) is 9.59 Å². The highest BCUT2D eigenvalue weighted by Gasteiger charge is 2.37. The first kappa shape index (κ1) is 27.0. The van der Waals surface area contributed by atoms with E-state index in [0.717, 1.165) is 19.6 Å². The van der Waals surface area contributed by atoms with Crippen molar-refractivity contribution in [3.8, 4) is 0 Å². The minimum atomic E-state index is -0.657. The predicted octanol–water partition coefficient (Wildman–Crippen LogP) is 5.33. The van der Waals surface area contributed by atoms with Gasteiger partial charge in [-0.2, -0.15) is 0 Å². The molecule has 0 spiro atoms. The number of carbonyl (C=O) groups excluding carboxylic acids is 2. The quantitative estimate of drug-likeness (QED) is 0.510. The van der Waals surface area contributed by atoms with Gasteiger partial charge in [0.25, 0.3) is 0 Å². The molecule has 1 aromatic rings. The zero-order chi connectivity index (χ0) is 24.8. The molecule has 2 rings (SSSR count). The predicted molar refractivity (Wildman–Crippen MR) is 129 cm³/mol. The van der Waals surface area contributed by atoms with Crippen LogP contribution in [0.3, 0.4) is 0 Å². The third kappa shape index (κ3) is 9.62. The fourth-order valence-corrected chi connectivity index (χ4v) is 3.93. The molecule has 1 fully saturated rings. The smallest absolute Gasteiger partial charge is 0.444 e. The molecule has 1 aliphatic heterocycles. The van der Waals surface area contributed by atoms with Crippen LogP contribution in [-0.4, -0.2) is 65.5 Å². The zero-order valence-corrected chi connectivity index (χ0v) is 21.6. The van der Waals surface area contributed by atoms with E-state index in [2.05, 4.69) is 17.0 Å². The highest BCUT2D eigenvalue weighted by molar-refractivity contribution is 5.68. The van der Waals surface area contributed by atoms with Gasteiger partial charge in [-0.05, 0) is 66.9 Å². The Morgan fingerprint density at radius 2 is 1.55 bits per heavy atom. The molecule has 7 nitrogen and oxygen atoms in total. The Bertz CT molecular complexity index is 767. The Morgan fingerprint density at radius 3 is 2.09 bits per heavy atom. The molecule has 186 valence electrons. The number of likely N-dealkylation sites (tertiary alicyclic amines) is 1. The van der Waals surface area contributed by atoms with E-state index in [1.54, 1.807) is 4.90 Å². The fourth-order valence-electron chi connectivity index (χ4n) is 3.93. The highest BCUT2D eigenvalue weighted by Crippen LogP contribution is 2.28. The first-order chi connectivity index (χ1) is 15.2. The van der Waals surface area contributed by atoms with Gasteiger partial charge < -0.3 is 19.1 Å².